The maximum atomic E-state index is 13.3. The van der Waals surface area contributed by atoms with Crippen LogP contribution in [0, 0.1) is 17.0 Å². The second-order valence-corrected chi connectivity index (χ2v) is 11.9. The molecule has 1 atom stereocenters. The summed E-state index contributed by atoms with van der Waals surface area (Å²) in [5, 5.41) is 26.3. The van der Waals surface area contributed by atoms with Crippen LogP contribution in [-0.4, -0.2) is 44.9 Å². The minimum atomic E-state index is -4.15. The summed E-state index contributed by atoms with van der Waals surface area (Å²) in [6, 6.07) is 11.5. The smallest absolute Gasteiger partial charge is 0.301 e. The summed E-state index contributed by atoms with van der Waals surface area (Å²) in [6.45, 7) is 1.86. The van der Waals surface area contributed by atoms with Crippen molar-refractivity contribution < 1.29 is 28.0 Å². The largest absolute Gasteiger partial charge is 0.507 e. The Hall–Kier alpha value is -4.69. The summed E-state index contributed by atoms with van der Waals surface area (Å²) in [4.78, 5) is 41.7. The van der Waals surface area contributed by atoms with Gasteiger partial charge in [-0.05, 0) is 25.1 Å². The number of rotatable bonds is 6. The number of amides is 1. The maximum Gasteiger partial charge on any atom is 0.301 e. The monoisotopic (exact) mass is 565 g/mol. The number of ketones is 1. The number of aromatic nitrogens is 3. The topological polar surface area (TPSA) is 166 Å². The van der Waals surface area contributed by atoms with Gasteiger partial charge in [-0.1, -0.05) is 41.2 Å². The molecule has 1 aliphatic heterocycles. The highest BCUT2D eigenvalue weighted by Gasteiger charge is 2.49. The van der Waals surface area contributed by atoms with E-state index in [9.17, 15) is 33.2 Å². The highest BCUT2D eigenvalue weighted by atomic mass is 32.2. The zero-order valence-corrected chi connectivity index (χ0v) is 22.0. The molecule has 1 amide bonds. The molecule has 0 spiro atoms. The SMILES string of the molecule is Cc1ccc(/C(O)=C2\C(=O)C(=O)N(c3ncc(S(=O)(=O)c4ccc([N+](=O)[O-])cc4)s3)C2c2ccn(C)n2)cc1. The van der Waals surface area contributed by atoms with E-state index in [0.717, 1.165) is 40.9 Å². The molecule has 0 saturated carbocycles. The molecular formula is C25H19N5O7S2. The molecule has 5 rings (SSSR count). The molecule has 0 aliphatic carbocycles. The molecule has 0 bridgehead atoms. The van der Waals surface area contributed by atoms with Crippen LogP contribution in [0.15, 0.2) is 81.7 Å². The van der Waals surface area contributed by atoms with Gasteiger partial charge in [0.05, 0.1) is 27.3 Å². The van der Waals surface area contributed by atoms with Gasteiger partial charge in [-0.2, -0.15) is 5.10 Å². The standard InChI is InChI=1S/C25H19N5O7S2/c1-14-3-5-15(6-4-14)22(31)20-21(18-11-12-28(2)27-18)29(24(33)23(20)32)25-26-13-19(38-25)39(36,37)17-9-7-16(8-10-17)30(34)35/h3-13,21,31H,1-2H3/b22-20+. The molecule has 4 aromatic rings. The lowest BCUT2D eigenvalue weighted by Gasteiger charge is -2.20. The first kappa shape index (κ1) is 25.9. The summed E-state index contributed by atoms with van der Waals surface area (Å²) in [7, 11) is -2.50. The quantitative estimate of drug-likeness (QED) is 0.121. The first-order chi connectivity index (χ1) is 18.5. The van der Waals surface area contributed by atoms with Crippen molar-refractivity contribution in [3.05, 3.63) is 99.5 Å². The van der Waals surface area contributed by atoms with Gasteiger partial charge in [-0.25, -0.2) is 13.4 Å². The molecule has 12 nitrogen and oxygen atoms in total. The molecule has 39 heavy (non-hydrogen) atoms. The van der Waals surface area contributed by atoms with Gasteiger partial charge >= 0.3 is 5.91 Å². The van der Waals surface area contributed by atoms with E-state index in [0.29, 0.717) is 16.9 Å². The zero-order chi connectivity index (χ0) is 28.1. The molecule has 198 valence electrons. The van der Waals surface area contributed by atoms with E-state index >= 15 is 0 Å². The molecule has 2 aromatic heterocycles. The fourth-order valence-corrected chi connectivity index (χ4v) is 6.65. The minimum absolute atomic E-state index is 0.101. The summed E-state index contributed by atoms with van der Waals surface area (Å²) in [5.41, 5.74) is 1.03. The lowest BCUT2D eigenvalue weighted by atomic mass is 9.98. The van der Waals surface area contributed by atoms with Gasteiger partial charge in [0.15, 0.2) is 5.13 Å². The van der Waals surface area contributed by atoms with Crippen LogP contribution < -0.4 is 4.90 Å². The number of carbonyl (C=O) groups is 2. The normalized spacial score (nSPS) is 17.1. The van der Waals surface area contributed by atoms with Gasteiger partial charge < -0.3 is 5.11 Å². The second-order valence-electron chi connectivity index (χ2n) is 8.67. The number of benzene rings is 2. The number of anilines is 1. The number of nitro benzene ring substituents is 1. The van der Waals surface area contributed by atoms with Crippen molar-refractivity contribution in [2.24, 2.45) is 7.05 Å². The summed E-state index contributed by atoms with van der Waals surface area (Å²) >= 11 is 0.646. The number of thiazole rings is 1. The van der Waals surface area contributed by atoms with Crippen molar-refractivity contribution in [1.29, 1.82) is 0 Å². The number of aryl methyl sites for hydroxylation is 2. The van der Waals surface area contributed by atoms with Crippen LogP contribution in [0.2, 0.25) is 0 Å². The summed E-state index contributed by atoms with van der Waals surface area (Å²) < 4.78 is 27.6. The number of hydrogen-bond acceptors (Lipinski definition) is 10. The average molecular weight is 566 g/mol. The first-order valence-corrected chi connectivity index (χ1v) is 13.6. The highest BCUT2D eigenvalue weighted by Crippen LogP contribution is 2.43. The van der Waals surface area contributed by atoms with Crippen LogP contribution in [0.1, 0.15) is 22.9 Å². The Labute approximate surface area is 225 Å². The lowest BCUT2D eigenvalue weighted by molar-refractivity contribution is -0.384. The van der Waals surface area contributed by atoms with Crippen LogP contribution in [0.4, 0.5) is 10.8 Å². The van der Waals surface area contributed by atoms with E-state index in [4.69, 9.17) is 0 Å². The minimum Gasteiger partial charge on any atom is -0.507 e. The van der Waals surface area contributed by atoms with Crippen molar-refractivity contribution in [3.63, 3.8) is 0 Å². The first-order valence-electron chi connectivity index (χ1n) is 11.3. The third kappa shape index (κ3) is 4.49. The van der Waals surface area contributed by atoms with Crippen molar-refractivity contribution in [1.82, 2.24) is 14.8 Å². The Morgan fingerprint density at radius 3 is 2.33 bits per heavy atom. The molecule has 1 aliphatic rings. The van der Waals surface area contributed by atoms with Crippen molar-refractivity contribution in [2.75, 3.05) is 4.90 Å². The van der Waals surface area contributed by atoms with Gasteiger partial charge in [0, 0.05) is 30.9 Å². The van der Waals surface area contributed by atoms with Crippen molar-refractivity contribution in [2.45, 2.75) is 22.1 Å². The fourth-order valence-electron chi connectivity index (χ4n) is 4.10. The number of aliphatic hydroxyl groups is 1. The number of sulfone groups is 1. The van der Waals surface area contributed by atoms with Crippen LogP contribution in [0.5, 0.6) is 0 Å². The van der Waals surface area contributed by atoms with E-state index in [1.54, 1.807) is 43.6 Å². The fraction of sp³-hybridized carbons (Fsp3) is 0.120. The lowest BCUT2D eigenvalue weighted by Crippen LogP contribution is -2.29. The van der Waals surface area contributed by atoms with E-state index in [1.807, 2.05) is 6.92 Å². The van der Waals surface area contributed by atoms with Gasteiger partial charge in [-0.15, -0.1) is 0 Å². The number of carbonyl (C=O) groups excluding carboxylic acids is 2. The third-order valence-electron chi connectivity index (χ3n) is 6.08. The van der Waals surface area contributed by atoms with Gasteiger partial charge in [0.1, 0.15) is 16.0 Å². The Balaban J connectivity index is 1.60. The molecule has 3 heterocycles. The van der Waals surface area contributed by atoms with Gasteiger partial charge in [0.2, 0.25) is 9.84 Å². The molecule has 1 saturated heterocycles. The zero-order valence-electron chi connectivity index (χ0n) is 20.4. The molecule has 1 N–H and O–H groups in total. The third-order valence-corrected chi connectivity index (χ3v) is 9.31. The van der Waals surface area contributed by atoms with Crippen LogP contribution in [0.3, 0.4) is 0 Å². The Kier molecular flexibility index (Phi) is 6.36. The average Bonchev–Trinajstić information content (AvgIpc) is 3.63. The Morgan fingerprint density at radius 1 is 1.08 bits per heavy atom. The van der Waals surface area contributed by atoms with Crippen LogP contribution in [0.25, 0.3) is 5.76 Å². The molecule has 14 heteroatoms. The van der Waals surface area contributed by atoms with Crippen molar-refractivity contribution >= 4 is 49.4 Å². The predicted octanol–water partition coefficient (Wildman–Crippen LogP) is 3.55. The molecule has 1 fully saturated rings. The van der Waals surface area contributed by atoms with Gasteiger partial charge in [0.25, 0.3) is 11.5 Å². The molecule has 1 unspecified atom stereocenters. The number of nitro groups is 1. The number of Topliss-reactive ketones (excluding diaryl/α,β-unsaturated/α-hetero) is 1. The molecule has 0 radical (unpaired) electrons. The molecule has 2 aromatic carbocycles. The van der Waals surface area contributed by atoms with Crippen LogP contribution in [-0.2, 0) is 26.5 Å². The van der Waals surface area contributed by atoms with E-state index in [1.165, 1.54) is 4.68 Å². The van der Waals surface area contributed by atoms with Crippen molar-refractivity contribution in [3.8, 4) is 0 Å². The Morgan fingerprint density at radius 2 is 1.74 bits per heavy atom. The van der Waals surface area contributed by atoms with E-state index < -0.39 is 38.3 Å². The maximum absolute atomic E-state index is 13.3. The second kappa shape index (κ2) is 9.56. The summed E-state index contributed by atoms with van der Waals surface area (Å²) in [5.74, 6) is -2.38. The summed E-state index contributed by atoms with van der Waals surface area (Å²) in [6.07, 6.45) is 2.65. The predicted molar refractivity (Wildman–Crippen MR) is 140 cm³/mol. The Bertz CT molecular complexity index is 1770. The number of non-ortho nitro benzene ring substituents is 1. The number of nitrogens with zero attached hydrogens (tertiary/aromatic N) is 5. The highest BCUT2D eigenvalue weighted by molar-refractivity contribution is 7.93. The van der Waals surface area contributed by atoms with E-state index in [2.05, 4.69) is 10.1 Å². The van der Waals surface area contributed by atoms with E-state index in [-0.39, 0.29) is 31.2 Å². The molecular weight excluding hydrogens is 546 g/mol. The van der Waals surface area contributed by atoms with Gasteiger partial charge in [-0.3, -0.25) is 29.3 Å². The number of hydrogen-bond donors (Lipinski definition) is 1. The van der Waals surface area contributed by atoms with Crippen LogP contribution >= 0.6 is 11.3 Å². The number of aliphatic hydroxyl groups excluding tert-OH is 1.